The minimum Gasteiger partial charge on any atom is -0.489 e. The standard InChI is InChI=1S/C28H31N3O2/c29-14-7-15-30-16-18-31(19-17-30)21-26-12-13-27(32-22-24-8-3-1-4-9-24)20-28(26)33-23-25-10-5-2-6-11-25/h1-6,8-13,20H,7,15-19,21-23H2. The second-order valence-electron chi connectivity index (χ2n) is 8.34. The van der Waals surface area contributed by atoms with Crippen LogP contribution < -0.4 is 9.47 Å². The molecule has 0 N–H and O–H groups in total. The lowest BCUT2D eigenvalue weighted by Crippen LogP contribution is -2.46. The number of hydrogen-bond donors (Lipinski definition) is 0. The number of nitriles is 1. The monoisotopic (exact) mass is 441 g/mol. The number of hydrogen-bond acceptors (Lipinski definition) is 5. The van der Waals surface area contributed by atoms with Gasteiger partial charge >= 0.3 is 0 Å². The predicted molar refractivity (Wildman–Crippen MR) is 130 cm³/mol. The number of ether oxygens (including phenoxy) is 2. The van der Waals surface area contributed by atoms with E-state index < -0.39 is 0 Å². The van der Waals surface area contributed by atoms with Crippen molar-refractivity contribution in [2.45, 2.75) is 26.2 Å². The van der Waals surface area contributed by atoms with Crippen molar-refractivity contribution in [3.8, 4) is 17.6 Å². The molecule has 1 aliphatic rings. The van der Waals surface area contributed by atoms with Gasteiger partial charge in [-0.1, -0.05) is 66.7 Å². The van der Waals surface area contributed by atoms with Gasteiger partial charge in [-0.2, -0.15) is 5.26 Å². The van der Waals surface area contributed by atoms with Crippen molar-refractivity contribution in [3.05, 3.63) is 95.6 Å². The van der Waals surface area contributed by atoms with Crippen LogP contribution in [-0.2, 0) is 19.8 Å². The van der Waals surface area contributed by atoms with Crippen LogP contribution in [0, 0.1) is 11.3 Å². The van der Waals surface area contributed by atoms with E-state index in [1.165, 1.54) is 5.56 Å². The zero-order chi connectivity index (χ0) is 22.7. The Bertz CT molecular complexity index is 1030. The van der Waals surface area contributed by atoms with E-state index in [1.54, 1.807) is 0 Å². The molecule has 1 fully saturated rings. The van der Waals surface area contributed by atoms with E-state index in [4.69, 9.17) is 14.7 Å². The van der Waals surface area contributed by atoms with Gasteiger partial charge in [-0.15, -0.1) is 0 Å². The molecule has 1 aliphatic heterocycles. The van der Waals surface area contributed by atoms with Crippen molar-refractivity contribution in [1.82, 2.24) is 9.80 Å². The summed E-state index contributed by atoms with van der Waals surface area (Å²) in [7, 11) is 0. The van der Waals surface area contributed by atoms with Crippen LogP contribution in [0.2, 0.25) is 0 Å². The van der Waals surface area contributed by atoms with Gasteiger partial charge < -0.3 is 9.47 Å². The Morgan fingerprint density at radius 3 is 1.97 bits per heavy atom. The maximum Gasteiger partial charge on any atom is 0.128 e. The van der Waals surface area contributed by atoms with Gasteiger partial charge in [0.25, 0.3) is 0 Å². The number of benzene rings is 3. The molecular formula is C28H31N3O2. The zero-order valence-electron chi connectivity index (χ0n) is 19.0. The Balaban J connectivity index is 1.42. The van der Waals surface area contributed by atoms with Crippen LogP contribution >= 0.6 is 0 Å². The molecule has 0 bridgehead atoms. The fourth-order valence-electron chi connectivity index (χ4n) is 3.99. The van der Waals surface area contributed by atoms with Gasteiger partial charge in [-0.3, -0.25) is 9.80 Å². The van der Waals surface area contributed by atoms with E-state index in [1.807, 2.05) is 48.5 Å². The number of rotatable bonds is 10. The second-order valence-corrected chi connectivity index (χ2v) is 8.34. The quantitative estimate of drug-likeness (QED) is 0.449. The van der Waals surface area contributed by atoms with Crippen LogP contribution in [-0.4, -0.2) is 42.5 Å². The first-order valence-electron chi connectivity index (χ1n) is 11.6. The van der Waals surface area contributed by atoms with Gasteiger partial charge in [0.05, 0.1) is 6.07 Å². The summed E-state index contributed by atoms with van der Waals surface area (Å²) >= 11 is 0. The largest absolute Gasteiger partial charge is 0.489 e. The van der Waals surface area contributed by atoms with Gasteiger partial charge in [0, 0.05) is 57.3 Å². The lowest BCUT2D eigenvalue weighted by atomic mass is 10.1. The zero-order valence-corrected chi connectivity index (χ0v) is 19.0. The number of nitrogens with zero attached hydrogens (tertiary/aromatic N) is 3. The first-order chi connectivity index (χ1) is 16.3. The highest BCUT2D eigenvalue weighted by atomic mass is 16.5. The molecule has 0 spiro atoms. The Morgan fingerprint density at radius 2 is 1.33 bits per heavy atom. The van der Waals surface area contributed by atoms with Crippen molar-refractivity contribution in [3.63, 3.8) is 0 Å². The van der Waals surface area contributed by atoms with Gasteiger partial charge in [0.15, 0.2) is 0 Å². The molecule has 170 valence electrons. The summed E-state index contributed by atoms with van der Waals surface area (Å²) in [4.78, 5) is 4.82. The molecule has 0 aromatic heterocycles. The highest BCUT2D eigenvalue weighted by molar-refractivity contribution is 5.41. The van der Waals surface area contributed by atoms with Gasteiger partial charge in [0.2, 0.25) is 0 Å². The fourth-order valence-corrected chi connectivity index (χ4v) is 3.99. The minimum absolute atomic E-state index is 0.526. The summed E-state index contributed by atoms with van der Waals surface area (Å²) in [6, 6.07) is 28.9. The second kappa shape index (κ2) is 12.1. The summed E-state index contributed by atoms with van der Waals surface area (Å²) in [6.07, 6.45) is 0.599. The Labute approximate surface area is 196 Å². The molecule has 1 saturated heterocycles. The third-order valence-electron chi connectivity index (χ3n) is 5.92. The first-order valence-corrected chi connectivity index (χ1v) is 11.6. The Morgan fingerprint density at radius 1 is 0.727 bits per heavy atom. The molecule has 1 heterocycles. The molecule has 0 radical (unpaired) electrons. The van der Waals surface area contributed by atoms with Crippen LogP contribution in [0.3, 0.4) is 0 Å². The first kappa shape index (κ1) is 22.8. The molecule has 3 aromatic carbocycles. The molecule has 33 heavy (non-hydrogen) atoms. The molecule has 5 heteroatoms. The molecule has 0 atom stereocenters. The molecule has 0 amide bonds. The van der Waals surface area contributed by atoms with Gasteiger partial charge in [-0.05, 0) is 17.2 Å². The molecule has 0 saturated carbocycles. The Hall–Kier alpha value is -3.33. The maximum atomic E-state index is 8.82. The summed E-state index contributed by atoms with van der Waals surface area (Å²) in [6.45, 7) is 6.76. The van der Waals surface area contributed by atoms with E-state index >= 15 is 0 Å². The normalized spacial score (nSPS) is 14.5. The summed E-state index contributed by atoms with van der Waals surface area (Å²) < 4.78 is 12.3. The molecule has 5 nitrogen and oxygen atoms in total. The van der Waals surface area contributed by atoms with Crippen molar-refractivity contribution in [2.24, 2.45) is 0 Å². The predicted octanol–water partition coefficient (Wildman–Crippen LogP) is 4.88. The maximum absolute atomic E-state index is 8.82. The molecule has 0 unspecified atom stereocenters. The summed E-state index contributed by atoms with van der Waals surface area (Å²) in [5, 5.41) is 8.82. The molecule has 0 aliphatic carbocycles. The van der Waals surface area contributed by atoms with Crippen molar-refractivity contribution in [1.29, 1.82) is 5.26 Å². The molecule has 4 rings (SSSR count). The lowest BCUT2D eigenvalue weighted by Gasteiger charge is -2.34. The highest BCUT2D eigenvalue weighted by Gasteiger charge is 2.18. The smallest absolute Gasteiger partial charge is 0.128 e. The van der Waals surface area contributed by atoms with Crippen LogP contribution in [0.1, 0.15) is 23.1 Å². The molecular weight excluding hydrogens is 410 g/mol. The average Bonchev–Trinajstić information content (AvgIpc) is 2.88. The van der Waals surface area contributed by atoms with Crippen molar-refractivity contribution >= 4 is 0 Å². The summed E-state index contributed by atoms with van der Waals surface area (Å²) in [5.74, 6) is 1.68. The van der Waals surface area contributed by atoms with E-state index in [2.05, 4.69) is 46.2 Å². The SMILES string of the molecule is N#CCCN1CCN(Cc2ccc(OCc3ccccc3)cc2OCc2ccccc2)CC1. The summed E-state index contributed by atoms with van der Waals surface area (Å²) in [5.41, 5.74) is 3.45. The van der Waals surface area contributed by atoms with E-state index in [0.29, 0.717) is 19.6 Å². The van der Waals surface area contributed by atoms with E-state index in [9.17, 15) is 0 Å². The van der Waals surface area contributed by atoms with Crippen molar-refractivity contribution < 1.29 is 9.47 Å². The topological polar surface area (TPSA) is 48.7 Å². The minimum atomic E-state index is 0.526. The van der Waals surface area contributed by atoms with Crippen LogP contribution in [0.5, 0.6) is 11.5 Å². The molecule has 3 aromatic rings. The third kappa shape index (κ3) is 7.08. The van der Waals surface area contributed by atoms with E-state index in [-0.39, 0.29) is 0 Å². The van der Waals surface area contributed by atoms with E-state index in [0.717, 1.165) is 61.9 Å². The van der Waals surface area contributed by atoms with Crippen LogP contribution in [0.4, 0.5) is 0 Å². The van der Waals surface area contributed by atoms with Crippen LogP contribution in [0.15, 0.2) is 78.9 Å². The third-order valence-corrected chi connectivity index (χ3v) is 5.92. The van der Waals surface area contributed by atoms with Crippen molar-refractivity contribution in [2.75, 3.05) is 32.7 Å². The Kier molecular flexibility index (Phi) is 8.35. The highest BCUT2D eigenvalue weighted by Crippen LogP contribution is 2.28. The average molecular weight is 442 g/mol. The van der Waals surface area contributed by atoms with Gasteiger partial charge in [0.1, 0.15) is 24.7 Å². The fraction of sp³-hybridized carbons (Fsp3) is 0.321. The lowest BCUT2D eigenvalue weighted by molar-refractivity contribution is 0.128. The van der Waals surface area contributed by atoms with Crippen LogP contribution in [0.25, 0.3) is 0 Å². The number of piperazine rings is 1. The van der Waals surface area contributed by atoms with Gasteiger partial charge in [-0.25, -0.2) is 0 Å².